The van der Waals surface area contributed by atoms with E-state index in [0.717, 1.165) is 19.3 Å². The Kier molecular flexibility index (Phi) is 3.64. The second-order valence-electron chi connectivity index (χ2n) is 7.76. The van der Waals surface area contributed by atoms with Crippen molar-refractivity contribution < 1.29 is 14.4 Å². The number of carbonyl (C=O) groups excluding carboxylic acids is 3. The van der Waals surface area contributed by atoms with Crippen LogP contribution in [0.2, 0.25) is 0 Å². The van der Waals surface area contributed by atoms with Gasteiger partial charge in [-0.25, -0.2) is 0 Å². The normalized spacial score (nSPS) is 28.5. The molecule has 2 bridgehead atoms. The zero-order valence-electron chi connectivity index (χ0n) is 14.8. The van der Waals surface area contributed by atoms with E-state index in [9.17, 15) is 14.4 Å². The van der Waals surface area contributed by atoms with Crippen LogP contribution in [0.15, 0.2) is 54.6 Å². The highest BCUT2D eigenvalue weighted by atomic mass is 16.2. The molecule has 5 rings (SSSR count). The molecule has 5 nitrogen and oxygen atoms in total. The molecule has 1 N–H and O–H groups in total. The van der Waals surface area contributed by atoms with Crippen LogP contribution in [-0.2, 0) is 9.59 Å². The van der Waals surface area contributed by atoms with Crippen molar-refractivity contribution in [3.63, 3.8) is 0 Å². The molecule has 2 aromatic rings. The average Bonchev–Trinajstić information content (AvgIpc) is 3.37. The molecule has 3 fully saturated rings. The van der Waals surface area contributed by atoms with Crippen LogP contribution < -0.4 is 10.2 Å². The maximum Gasteiger partial charge on any atom is 0.255 e. The molecule has 1 aliphatic heterocycles. The van der Waals surface area contributed by atoms with E-state index >= 15 is 0 Å². The lowest BCUT2D eigenvalue weighted by atomic mass is 9.81. The van der Waals surface area contributed by atoms with Gasteiger partial charge < -0.3 is 5.32 Å². The molecule has 1 heterocycles. The molecule has 1 saturated heterocycles. The third kappa shape index (κ3) is 2.49. The Balaban J connectivity index is 1.34. The SMILES string of the molecule is O=C(Nc1ccc(N2C(=O)[C@@H]3[C@H]4CC[C@@H](C4)[C@H]3C2=O)cc1)c1ccccc1. The fraction of sp³-hybridized carbons (Fsp3) is 0.318. The predicted octanol–water partition coefficient (Wildman–Crippen LogP) is 3.47. The van der Waals surface area contributed by atoms with E-state index < -0.39 is 0 Å². The van der Waals surface area contributed by atoms with Crippen molar-refractivity contribution >= 4 is 29.1 Å². The van der Waals surface area contributed by atoms with E-state index in [1.165, 1.54) is 4.90 Å². The van der Waals surface area contributed by atoms with E-state index in [1.54, 1.807) is 36.4 Å². The number of imide groups is 1. The fourth-order valence-electron chi connectivity index (χ4n) is 5.15. The summed E-state index contributed by atoms with van der Waals surface area (Å²) >= 11 is 0. The van der Waals surface area contributed by atoms with Gasteiger partial charge in [-0.15, -0.1) is 0 Å². The number of rotatable bonds is 3. The van der Waals surface area contributed by atoms with Gasteiger partial charge in [0.05, 0.1) is 17.5 Å². The van der Waals surface area contributed by atoms with Crippen LogP contribution in [0.4, 0.5) is 11.4 Å². The Labute approximate surface area is 157 Å². The number of nitrogens with zero attached hydrogens (tertiary/aromatic N) is 1. The molecule has 4 atom stereocenters. The molecule has 0 spiro atoms. The number of carbonyl (C=O) groups is 3. The number of hydrogen-bond donors (Lipinski definition) is 1. The van der Waals surface area contributed by atoms with Gasteiger partial charge in [-0.2, -0.15) is 0 Å². The minimum Gasteiger partial charge on any atom is -0.322 e. The largest absolute Gasteiger partial charge is 0.322 e. The molecule has 2 aromatic carbocycles. The molecule has 2 aliphatic carbocycles. The van der Waals surface area contributed by atoms with Crippen LogP contribution in [0, 0.1) is 23.7 Å². The number of fused-ring (bicyclic) bond motifs is 5. The summed E-state index contributed by atoms with van der Waals surface area (Å²) in [4.78, 5) is 39.3. The van der Waals surface area contributed by atoms with Gasteiger partial charge in [0.1, 0.15) is 0 Å². The Hall–Kier alpha value is -2.95. The molecule has 27 heavy (non-hydrogen) atoms. The Morgan fingerprint density at radius 3 is 2.04 bits per heavy atom. The van der Waals surface area contributed by atoms with Crippen LogP contribution in [-0.4, -0.2) is 17.7 Å². The van der Waals surface area contributed by atoms with Gasteiger partial charge in [0.25, 0.3) is 5.91 Å². The first kappa shape index (κ1) is 16.2. The number of benzene rings is 2. The van der Waals surface area contributed by atoms with E-state index in [0.29, 0.717) is 28.8 Å². The Bertz CT molecular complexity index is 894. The summed E-state index contributed by atoms with van der Waals surface area (Å²) in [5, 5.41) is 2.84. The highest BCUT2D eigenvalue weighted by Crippen LogP contribution is 2.56. The first-order valence-corrected chi connectivity index (χ1v) is 9.48. The quantitative estimate of drug-likeness (QED) is 0.852. The molecule has 3 aliphatic rings. The topological polar surface area (TPSA) is 66.5 Å². The standard InChI is InChI=1S/C22H20N2O3/c25-20(13-4-2-1-3-5-13)23-16-8-10-17(11-9-16)24-21(26)18-14-6-7-15(12-14)19(18)22(24)27/h1-5,8-11,14-15,18-19H,6-7,12H2,(H,23,25)/t14-,15-,18+,19+/m0/s1. The molecule has 2 saturated carbocycles. The summed E-state index contributed by atoms with van der Waals surface area (Å²) in [6, 6.07) is 15.9. The predicted molar refractivity (Wildman–Crippen MR) is 101 cm³/mol. The molecule has 136 valence electrons. The third-order valence-corrected chi connectivity index (χ3v) is 6.35. The molecular weight excluding hydrogens is 340 g/mol. The van der Waals surface area contributed by atoms with Crippen molar-refractivity contribution in [2.75, 3.05) is 10.2 Å². The second-order valence-corrected chi connectivity index (χ2v) is 7.76. The Morgan fingerprint density at radius 1 is 0.852 bits per heavy atom. The number of nitrogens with one attached hydrogen (secondary N) is 1. The maximum atomic E-state index is 12.9. The summed E-state index contributed by atoms with van der Waals surface area (Å²) in [6.45, 7) is 0. The second kappa shape index (κ2) is 6.05. The van der Waals surface area contributed by atoms with Gasteiger partial charge in [-0.05, 0) is 67.5 Å². The monoisotopic (exact) mass is 360 g/mol. The van der Waals surface area contributed by atoms with Crippen molar-refractivity contribution in [3.8, 4) is 0 Å². The number of hydrogen-bond acceptors (Lipinski definition) is 3. The van der Waals surface area contributed by atoms with E-state index in [1.807, 2.05) is 18.2 Å². The lowest BCUT2D eigenvalue weighted by Crippen LogP contribution is -2.32. The summed E-state index contributed by atoms with van der Waals surface area (Å²) in [5.41, 5.74) is 1.80. The zero-order valence-corrected chi connectivity index (χ0v) is 14.8. The van der Waals surface area contributed by atoms with Crippen LogP contribution in [0.1, 0.15) is 29.6 Å². The van der Waals surface area contributed by atoms with Gasteiger partial charge in [0.15, 0.2) is 0 Å². The molecule has 0 aromatic heterocycles. The van der Waals surface area contributed by atoms with Gasteiger partial charge in [0.2, 0.25) is 11.8 Å². The lowest BCUT2D eigenvalue weighted by Gasteiger charge is -2.19. The molecule has 0 radical (unpaired) electrons. The third-order valence-electron chi connectivity index (χ3n) is 6.35. The van der Waals surface area contributed by atoms with E-state index in [4.69, 9.17) is 0 Å². The van der Waals surface area contributed by atoms with Crippen LogP contribution >= 0.6 is 0 Å². The number of anilines is 2. The first-order valence-electron chi connectivity index (χ1n) is 9.48. The molecular formula is C22H20N2O3. The van der Waals surface area contributed by atoms with Crippen molar-refractivity contribution in [2.45, 2.75) is 19.3 Å². The lowest BCUT2D eigenvalue weighted by molar-refractivity contribution is -0.123. The van der Waals surface area contributed by atoms with Crippen molar-refractivity contribution in [3.05, 3.63) is 60.2 Å². The summed E-state index contributed by atoms with van der Waals surface area (Å²) < 4.78 is 0. The van der Waals surface area contributed by atoms with Crippen molar-refractivity contribution in [1.82, 2.24) is 0 Å². The van der Waals surface area contributed by atoms with Crippen LogP contribution in [0.25, 0.3) is 0 Å². The zero-order chi connectivity index (χ0) is 18.5. The van der Waals surface area contributed by atoms with E-state index in [2.05, 4.69) is 5.32 Å². The first-order chi connectivity index (χ1) is 13.1. The number of amides is 3. The average molecular weight is 360 g/mol. The minimum absolute atomic E-state index is 0.0433. The van der Waals surface area contributed by atoms with Gasteiger partial charge in [0, 0.05) is 11.3 Å². The maximum absolute atomic E-state index is 12.9. The molecule has 5 heteroatoms. The van der Waals surface area contributed by atoms with Gasteiger partial charge in [-0.3, -0.25) is 19.3 Å². The van der Waals surface area contributed by atoms with Crippen molar-refractivity contribution in [1.29, 1.82) is 0 Å². The summed E-state index contributed by atoms with van der Waals surface area (Å²) in [5.74, 6) is 0.249. The van der Waals surface area contributed by atoms with Crippen molar-refractivity contribution in [2.24, 2.45) is 23.7 Å². The Morgan fingerprint density at radius 2 is 1.44 bits per heavy atom. The highest BCUT2D eigenvalue weighted by molar-refractivity contribution is 6.22. The van der Waals surface area contributed by atoms with Crippen LogP contribution in [0.3, 0.4) is 0 Å². The fourth-order valence-corrected chi connectivity index (χ4v) is 5.15. The summed E-state index contributed by atoms with van der Waals surface area (Å²) in [6.07, 6.45) is 3.18. The van der Waals surface area contributed by atoms with Crippen LogP contribution in [0.5, 0.6) is 0 Å². The molecule has 0 unspecified atom stereocenters. The van der Waals surface area contributed by atoms with E-state index in [-0.39, 0.29) is 29.6 Å². The highest BCUT2D eigenvalue weighted by Gasteiger charge is 2.61. The van der Waals surface area contributed by atoms with Gasteiger partial charge >= 0.3 is 0 Å². The molecule has 3 amide bonds. The smallest absolute Gasteiger partial charge is 0.255 e. The summed E-state index contributed by atoms with van der Waals surface area (Å²) in [7, 11) is 0. The minimum atomic E-state index is -0.192. The van der Waals surface area contributed by atoms with Gasteiger partial charge in [-0.1, -0.05) is 18.2 Å².